The molecule has 0 radical (unpaired) electrons. The summed E-state index contributed by atoms with van der Waals surface area (Å²) in [5, 5.41) is 0. The SMILES string of the molecule is COC(OC)(c1ccccc1)c1cccc(Br)c1. The molecule has 0 N–H and O–H groups in total. The number of halogens is 1. The average molecular weight is 307 g/mol. The van der Waals surface area contributed by atoms with E-state index < -0.39 is 5.79 Å². The van der Waals surface area contributed by atoms with Crippen LogP contribution in [0.5, 0.6) is 0 Å². The Morgan fingerprint density at radius 2 is 1.44 bits per heavy atom. The zero-order valence-electron chi connectivity index (χ0n) is 10.4. The standard InChI is InChI=1S/C15H15BrO2/c1-17-15(18-2,12-7-4-3-5-8-12)13-9-6-10-14(16)11-13/h3-11H,1-2H3. The van der Waals surface area contributed by atoms with Crippen LogP contribution in [0.25, 0.3) is 0 Å². The molecule has 0 fully saturated rings. The molecule has 0 aliphatic heterocycles. The zero-order valence-corrected chi connectivity index (χ0v) is 12.0. The van der Waals surface area contributed by atoms with Crippen LogP contribution in [0.15, 0.2) is 59.1 Å². The maximum atomic E-state index is 5.67. The molecule has 2 nitrogen and oxygen atoms in total. The lowest BCUT2D eigenvalue weighted by Gasteiger charge is -2.31. The van der Waals surface area contributed by atoms with Gasteiger partial charge >= 0.3 is 0 Å². The lowest BCUT2D eigenvalue weighted by molar-refractivity contribution is -0.183. The third-order valence-electron chi connectivity index (χ3n) is 2.93. The number of hydrogen-bond acceptors (Lipinski definition) is 2. The van der Waals surface area contributed by atoms with E-state index in [9.17, 15) is 0 Å². The van der Waals surface area contributed by atoms with E-state index in [1.165, 1.54) is 0 Å². The number of ether oxygens (including phenoxy) is 2. The molecule has 0 atom stereocenters. The second-order valence-corrected chi connectivity index (χ2v) is 4.82. The number of methoxy groups -OCH3 is 2. The van der Waals surface area contributed by atoms with Gasteiger partial charge in [0.15, 0.2) is 0 Å². The summed E-state index contributed by atoms with van der Waals surface area (Å²) in [6.07, 6.45) is 0. The van der Waals surface area contributed by atoms with Gasteiger partial charge in [0, 0.05) is 29.8 Å². The van der Waals surface area contributed by atoms with Gasteiger partial charge in [-0.25, -0.2) is 0 Å². The first-order valence-corrected chi connectivity index (χ1v) is 6.44. The van der Waals surface area contributed by atoms with Crippen molar-refractivity contribution in [2.24, 2.45) is 0 Å². The van der Waals surface area contributed by atoms with Gasteiger partial charge in [-0.05, 0) is 12.1 Å². The third-order valence-corrected chi connectivity index (χ3v) is 3.43. The summed E-state index contributed by atoms with van der Waals surface area (Å²) in [5.41, 5.74) is 1.92. The highest BCUT2D eigenvalue weighted by Crippen LogP contribution is 2.34. The molecule has 2 aromatic carbocycles. The first-order chi connectivity index (χ1) is 8.73. The fraction of sp³-hybridized carbons (Fsp3) is 0.200. The highest BCUT2D eigenvalue weighted by molar-refractivity contribution is 9.10. The predicted octanol–water partition coefficient (Wildman–Crippen LogP) is 3.94. The molecule has 0 saturated carbocycles. The maximum absolute atomic E-state index is 5.67. The average Bonchev–Trinajstić information content (AvgIpc) is 2.42. The van der Waals surface area contributed by atoms with Crippen LogP contribution in [-0.2, 0) is 15.3 Å². The van der Waals surface area contributed by atoms with Crippen molar-refractivity contribution < 1.29 is 9.47 Å². The maximum Gasteiger partial charge on any atom is 0.221 e. The second-order valence-electron chi connectivity index (χ2n) is 3.90. The van der Waals surface area contributed by atoms with Crippen LogP contribution in [0.3, 0.4) is 0 Å². The fourth-order valence-electron chi connectivity index (χ4n) is 2.07. The summed E-state index contributed by atoms with van der Waals surface area (Å²) in [6.45, 7) is 0. The summed E-state index contributed by atoms with van der Waals surface area (Å²) >= 11 is 3.47. The first kappa shape index (κ1) is 13.3. The lowest BCUT2D eigenvalue weighted by Crippen LogP contribution is -2.32. The van der Waals surface area contributed by atoms with E-state index in [4.69, 9.17) is 9.47 Å². The van der Waals surface area contributed by atoms with E-state index >= 15 is 0 Å². The minimum Gasteiger partial charge on any atom is -0.346 e. The topological polar surface area (TPSA) is 18.5 Å². The van der Waals surface area contributed by atoms with Crippen molar-refractivity contribution in [1.29, 1.82) is 0 Å². The Kier molecular flexibility index (Phi) is 4.17. The zero-order chi connectivity index (χ0) is 13.0. The summed E-state index contributed by atoms with van der Waals surface area (Å²) in [6, 6.07) is 17.8. The molecule has 3 heteroatoms. The fourth-order valence-corrected chi connectivity index (χ4v) is 2.47. The van der Waals surface area contributed by atoms with E-state index in [-0.39, 0.29) is 0 Å². The minimum atomic E-state index is -0.870. The van der Waals surface area contributed by atoms with Crippen LogP contribution in [-0.4, -0.2) is 14.2 Å². The highest BCUT2D eigenvalue weighted by atomic mass is 79.9. The van der Waals surface area contributed by atoms with Crippen LogP contribution < -0.4 is 0 Å². The Balaban J connectivity index is 2.57. The molecule has 0 heterocycles. The Morgan fingerprint density at radius 1 is 0.833 bits per heavy atom. The van der Waals surface area contributed by atoms with Crippen molar-refractivity contribution in [2.75, 3.05) is 14.2 Å². The monoisotopic (exact) mass is 306 g/mol. The van der Waals surface area contributed by atoms with Gasteiger partial charge in [-0.3, -0.25) is 0 Å². The van der Waals surface area contributed by atoms with Crippen molar-refractivity contribution in [3.63, 3.8) is 0 Å². The largest absolute Gasteiger partial charge is 0.346 e. The van der Waals surface area contributed by atoms with Gasteiger partial charge in [0.25, 0.3) is 0 Å². The number of rotatable bonds is 4. The smallest absolute Gasteiger partial charge is 0.221 e. The predicted molar refractivity (Wildman–Crippen MR) is 75.4 cm³/mol. The van der Waals surface area contributed by atoms with Gasteiger partial charge in [-0.15, -0.1) is 0 Å². The molecular formula is C15H15BrO2. The molecule has 0 bridgehead atoms. The van der Waals surface area contributed by atoms with Crippen LogP contribution >= 0.6 is 15.9 Å². The Bertz CT molecular complexity index is 507. The van der Waals surface area contributed by atoms with Gasteiger partial charge in [0.05, 0.1) is 0 Å². The van der Waals surface area contributed by atoms with Crippen LogP contribution in [0, 0.1) is 0 Å². The van der Waals surface area contributed by atoms with Crippen LogP contribution in [0.2, 0.25) is 0 Å². The van der Waals surface area contributed by atoms with Crippen LogP contribution in [0.4, 0.5) is 0 Å². The molecule has 0 aliphatic carbocycles. The molecule has 94 valence electrons. The first-order valence-electron chi connectivity index (χ1n) is 5.65. The van der Waals surface area contributed by atoms with Crippen molar-refractivity contribution in [3.05, 3.63) is 70.2 Å². The molecule has 18 heavy (non-hydrogen) atoms. The molecule has 0 aliphatic rings. The molecule has 0 saturated heterocycles. The van der Waals surface area contributed by atoms with E-state index in [0.717, 1.165) is 15.6 Å². The molecule has 0 spiro atoms. The highest BCUT2D eigenvalue weighted by Gasteiger charge is 2.34. The van der Waals surface area contributed by atoms with E-state index in [2.05, 4.69) is 15.9 Å². The molecule has 2 aromatic rings. The van der Waals surface area contributed by atoms with Crippen molar-refractivity contribution in [1.82, 2.24) is 0 Å². The van der Waals surface area contributed by atoms with Crippen molar-refractivity contribution in [3.8, 4) is 0 Å². The number of hydrogen-bond donors (Lipinski definition) is 0. The Labute approximate surface area is 116 Å². The van der Waals surface area contributed by atoms with Crippen molar-refractivity contribution >= 4 is 15.9 Å². The van der Waals surface area contributed by atoms with Crippen molar-refractivity contribution in [2.45, 2.75) is 5.79 Å². The Morgan fingerprint density at radius 3 is 2.00 bits per heavy atom. The second kappa shape index (κ2) is 5.65. The van der Waals surface area contributed by atoms with Gasteiger partial charge < -0.3 is 9.47 Å². The van der Waals surface area contributed by atoms with Gasteiger partial charge in [-0.2, -0.15) is 0 Å². The summed E-state index contributed by atoms with van der Waals surface area (Å²) in [4.78, 5) is 0. The minimum absolute atomic E-state index is 0.870. The van der Waals surface area contributed by atoms with Gasteiger partial charge in [0.1, 0.15) is 0 Å². The lowest BCUT2D eigenvalue weighted by atomic mass is 9.97. The van der Waals surface area contributed by atoms with Crippen LogP contribution in [0.1, 0.15) is 11.1 Å². The normalized spacial score (nSPS) is 11.5. The van der Waals surface area contributed by atoms with E-state index in [1.54, 1.807) is 14.2 Å². The molecule has 0 amide bonds. The quantitative estimate of drug-likeness (QED) is 0.797. The number of benzene rings is 2. The van der Waals surface area contributed by atoms with Gasteiger partial charge in [0.2, 0.25) is 5.79 Å². The summed E-state index contributed by atoms with van der Waals surface area (Å²) in [7, 11) is 3.30. The molecule has 0 unspecified atom stereocenters. The molecule has 0 aromatic heterocycles. The molecule has 2 rings (SSSR count). The Hall–Kier alpha value is -1.16. The molecular weight excluding hydrogens is 292 g/mol. The van der Waals surface area contributed by atoms with E-state index in [0.29, 0.717) is 0 Å². The third kappa shape index (κ3) is 2.34. The summed E-state index contributed by atoms with van der Waals surface area (Å²) in [5.74, 6) is -0.870. The van der Waals surface area contributed by atoms with Gasteiger partial charge in [-0.1, -0.05) is 58.4 Å². The summed E-state index contributed by atoms with van der Waals surface area (Å²) < 4.78 is 12.3. The van der Waals surface area contributed by atoms with E-state index in [1.807, 2.05) is 54.6 Å².